The van der Waals surface area contributed by atoms with Crippen LogP contribution in [0.25, 0.3) is 21.9 Å². The second kappa shape index (κ2) is 10.6. The summed E-state index contributed by atoms with van der Waals surface area (Å²) < 4.78 is 8.40. The molecule has 1 atom stereocenters. The number of nitrogens with two attached hydrogens (primary N) is 1. The van der Waals surface area contributed by atoms with Crippen molar-refractivity contribution in [3.05, 3.63) is 48.7 Å². The standard InChI is InChI=1S/C29H37N5O2/c1-3-8-21(13-16-28(35)33(2)20-9-5-4-6-10-20)34-26-19-22(14-15-25(26)32-29(34)30)36-27-12-7-11-24-23(27)17-18-31-24/h7,11-12,14-15,17-21,31H,3-6,8-10,13,16H2,1-2H3,(H2,30,32). The van der Waals surface area contributed by atoms with Gasteiger partial charge < -0.3 is 24.9 Å². The quantitative estimate of drug-likeness (QED) is 0.271. The van der Waals surface area contributed by atoms with Crippen molar-refractivity contribution in [2.45, 2.75) is 76.8 Å². The predicted molar refractivity (Wildman–Crippen MR) is 145 cm³/mol. The van der Waals surface area contributed by atoms with Gasteiger partial charge in [0.2, 0.25) is 11.9 Å². The van der Waals surface area contributed by atoms with Gasteiger partial charge in [-0.05, 0) is 56.0 Å². The number of amides is 1. The first-order valence-electron chi connectivity index (χ1n) is 13.3. The summed E-state index contributed by atoms with van der Waals surface area (Å²) in [6.45, 7) is 2.17. The Kier molecular flexibility index (Phi) is 7.16. The Morgan fingerprint density at radius 3 is 2.83 bits per heavy atom. The fourth-order valence-corrected chi connectivity index (χ4v) is 5.69. The number of imidazole rings is 1. The summed E-state index contributed by atoms with van der Waals surface area (Å²) in [5.41, 5.74) is 9.26. The van der Waals surface area contributed by atoms with Gasteiger partial charge >= 0.3 is 0 Å². The largest absolute Gasteiger partial charge is 0.457 e. The number of hydrogen-bond acceptors (Lipinski definition) is 4. The summed E-state index contributed by atoms with van der Waals surface area (Å²) in [5.74, 6) is 2.25. The molecule has 0 radical (unpaired) electrons. The molecule has 1 unspecified atom stereocenters. The number of carbonyl (C=O) groups is 1. The highest BCUT2D eigenvalue weighted by Gasteiger charge is 2.24. The minimum Gasteiger partial charge on any atom is -0.457 e. The molecule has 4 aromatic rings. The van der Waals surface area contributed by atoms with E-state index in [4.69, 9.17) is 10.5 Å². The number of hydrogen-bond donors (Lipinski definition) is 2. The first-order chi connectivity index (χ1) is 17.5. The number of ether oxygens (including phenoxy) is 1. The third-order valence-electron chi connectivity index (χ3n) is 7.67. The van der Waals surface area contributed by atoms with Crippen LogP contribution >= 0.6 is 0 Å². The fraction of sp³-hybridized carbons (Fsp3) is 0.448. The number of rotatable bonds is 9. The lowest BCUT2D eigenvalue weighted by molar-refractivity contribution is -0.132. The van der Waals surface area contributed by atoms with E-state index in [-0.39, 0.29) is 11.9 Å². The molecule has 7 nitrogen and oxygen atoms in total. The summed E-state index contributed by atoms with van der Waals surface area (Å²) in [6, 6.07) is 14.4. The summed E-state index contributed by atoms with van der Waals surface area (Å²) in [4.78, 5) is 22.9. The van der Waals surface area contributed by atoms with Crippen LogP contribution in [0.5, 0.6) is 11.5 Å². The SMILES string of the molecule is CCCC(CCC(=O)N(C)C1CCCCC1)n1c(N)nc2ccc(Oc3cccc4[nH]ccc34)cc21. The number of H-pyrrole nitrogens is 1. The molecule has 0 spiro atoms. The van der Waals surface area contributed by atoms with Crippen molar-refractivity contribution in [3.8, 4) is 11.5 Å². The highest BCUT2D eigenvalue weighted by Crippen LogP contribution is 2.34. The van der Waals surface area contributed by atoms with Gasteiger partial charge in [0.05, 0.1) is 11.0 Å². The van der Waals surface area contributed by atoms with Gasteiger partial charge in [-0.1, -0.05) is 38.7 Å². The Bertz CT molecular complexity index is 1330. The zero-order valence-corrected chi connectivity index (χ0v) is 21.4. The van der Waals surface area contributed by atoms with Crippen molar-refractivity contribution in [3.63, 3.8) is 0 Å². The van der Waals surface area contributed by atoms with Crippen molar-refractivity contribution < 1.29 is 9.53 Å². The zero-order chi connectivity index (χ0) is 25.1. The third kappa shape index (κ3) is 4.92. The van der Waals surface area contributed by atoms with Gasteiger partial charge in [-0.3, -0.25) is 4.79 Å². The molecule has 7 heteroatoms. The van der Waals surface area contributed by atoms with Crippen molar-refractivity contribution in [1.82, 2.24) is 19.4 Å². The Morgan fingerprint density at radius 1 is 1.19 bits per heavy atom. The van der Waals surface area contributed by atoms with Crippen LogP contribution in [0, 0.1) is 0 Å². The lowest BCUT2D eigenvalue weighted by Crippen LogP contribution is -2.38. The number of fused-ring (bicyclic) bond motifs is 2. The third-order valence-corrected chi connectivity index (χ3v) is 7.67. The van der Waals surface area contributed by atoms with Crippen LogP contribution in [-0.4, -0.2) is 38.4 Å². The number of nitrogens with zero attached hydrogens (tertiary/aromatic N) is 3. The number of nitrogen functional groups attached to an aromatic ring is 1. The van der Waals surface area contributed by atoms with Gasteiger partial charge in [0.1, 0.15) is 11.5 Å². The van der Waals surface area contributed by atoms with Crippen molar-refractivity contribution >= 4 is 33.8 Å². The number of benzene rings is 2. The first kappa shape index (κ1) is 24.2. The second-order valence-electron chi connectivity index (χ2n) is 10.1. The number of aromatic nitrogens is 3. The summed E-state index contributed by atoms with van der Waals surface area (Å²) in [7, 11) is 1.97. The van der Waals surface area contributed by atoms with Gasteiger partial charge in [0, 0.05) is 48.7 Å². The van der Waals surface area contributed by atoms with Crippen LogP contribution in [0.1, 0.15) is 70.8 Å². The average molecular weight is 488 g/mol. The molecule has 1 aliphatic carbocycles. The van der Waals surface area contributed by atoms with Crippen LogP contribution in [-0.2, 0) is 4.79 Å². The monoisotopic (exact) mass is 487 g/mol. The molecule has 1 aliphatic rings. The van der Waals surface area contributed by atoms with E-state index >= 15 is 0 Å². The molecule has 1 saturated carbocycles. The van der Waals surface area contributed by atoms with Gasteiger partial charge in [-0.25, -0.2) is 4.98 Å². The summed E-state index contributed by atoms with van der Waals surface area (Å²) in [6.07, 6.45) is 11.1. The molecule has 36 heavy (non-hydrogen) atoms. The van der Waals surface area contributed by atoms with E-state index in [2.05, 4.69) is 21.5 Å². The van der Waals surface area contributed by atoms with E-state index in [1.54, 1.807) is 0 Å². The Morgan fingerprint density at radius 2 is 2.03 bits per heavy atom. The van der Waals surface area contributed by atoms with Crippen LogP contribution < -0.4 is 10.5 Å². The zero-order valence-electron chi connectivity index (χ0n) is 21.4. The van der Waals surface area contributed by atoms with E-state index in [9.17, 15) is 4.79 Å². The maximum absolute atomic E-state index is 13.1. The van der Waals surface area contributed by atoms with E-state index in [1.165, 1.54) is 19.3 Å². The molecule has 1 fully saturated rings. The minimum atomic E-state index is 0.104. The Balaban J connectivity index is 1.37. The number of aromatic amines is 1. The Hall–Kier alpha value is -3.48. The summed E-state index contributed by atoms with van der Waals surface area (Å²) >= 11 is 0. The molecule has 0 saturated heterocycles. The van der Waals surface area contributed by atoms with E-state index in [1.807, 2.05) is 60.6 Å². The van der Waals surface area contributed by atoms with Crippen LogP contribution in [0.4, 0.5) is 5.95 Å². The predicted octanol–water partition coefficient (Wildman–Crippen LogP) is 6.80. The average Bonchev–Trinajstić information content (AvgIpc) is 3.51. The van der Waals surface area contributed by atoms with Crippen molar-refractivity contribution in [2.24, 2.45) is 0 Å². The van der Waals surface area contributed by atoms with Gasteiger partial charge in [-0.2, -0.15) is 0 Å². The van der Waals surface area contributed by atoms with Crippen molar-refractivity contribution in [2.75, 3.05) is 12.8 Å². The maximum Gasteiger partial charge on any atom is 0.222 e. The number of anilines is 1. The molecular formula is C29H37N5O2. The van der Waals surface area contributed by atoms with Gasteiger partial charge in [0.15, 0.2) is 0 Å². The maximum atomic E-state index is 13.1. The molecule has 5 rings (SSSR count). The lowest BCUT2D eigenvalue weighted by Gasteiger charge is -2.32. The smallest absolute Gasteiger partial charge is 0.222 e. The minimum absolute atomic E-state index is 0.104. The van der Waals surface area contributed by atoms with Gasteiger partial charge in [-0.15, -0.1) is 0 Å². The van der Waals surface area contributed by atoms with E-state index < -0.39 is 0 Å². The van der Waals surface area contributed by atoms with Crippen LogP contribution in [0.2, 0.25) is 0 Å². The molecule has 1 amide bonds. The Labute approximate surface area is 212 Å². The van der Waals surface area contributed by atoms with Crippen LogP contribution in [0.15, 0.2) is 48.7 Å². The molecule has 2 heterocycles. The second-order valence-corrected chi connectivity index (χ2v) is 10.1. The van der Waals surface area contributed by atoms with E-state index in [0.717, 1.165) is 65.5 Å². The number of carbonyl (C=O) groups excluding carboxylic acids is 1. The topological polar surface area (TPSA) is 89.2 Å². The highest BCUT2D eigenvalue weighted by molar-refractivity contribution is 5.86. The molecule has 2 aromatic carbocycles. The van der Waals surface area contributed by atoms with E-state index in [0.29, 0.717) is 18.4 Å². The lowest BCUT2D eigenvalue weighted by atomic mass is 9.94. The molecule has 0 aliphatic heterocycles. The molecule has 0 bridgehead atoms. The number of nitrogens with one attached hydrogen (secondary N) is 1. The van der Waals surface area contributed by atoms with Crippen molar-refractivity contribution in [1.29, 1.82) is 0 Å². The highest BCUT2D eigenvalue weighted by atomic mass is 16.5. The normalized spacial score (nSPS) is 15.4. The van der Waals surface area contributed by atoms with Gasteiger partial charge in [0.25, 0.3) is 0 Å². The fourth-order valence-electron chi connectivity index (χ4n) is 5.69. The summed E-state index contributed by atoms with van der Waals surface area (Å²) in [5, 5.41) is 1.04. The van der Waals surface area contributed by atoms with Crippen LogP contribution in [0.3, 0.4) is 0 Å². The molecule has 2 aromatic heterocycles. The first-order valence-corrected chi connectivity index (χ1v) is 13.3. The molecule has 3 N–H and O–H groups in total. The molecule has 190 valence electrons. The molecular weight excluding hydrogens is 450 g/mol.